The number of nitrogens with zero attached hydrogens (tertiary/aromatic N) is 1. The van der Waals surface area contributed by atoms with E-state index in [0.717, 1.165) is 23.6 Å². The van der Waals surface area contributed by atoms with Crippen LogP contribution in [0.5, 0.6) is 0 Å². The third kappa shape index (κ3) is 4.01. The number of sulfonamides is 1. The Morgan fingerprint density at radius 1 is 0.938 bits per heavy atom. The highest BCUT2D eigenvalue weighted by Crippen LogP contribution is 2.25. The van der Waals surface area contributed by atoms with Gasteiger partial charge in [0.2, 0.25) is 10.0 Å². The fraction of sp³-hybridized carbons (Fsp3) is 0.240. The number of benzene rings is 3. The summed E-state index contributed by atoms with van der Waals surface area (Å²) in [5.74, 6) is 0.414. The maximum atomic E-state index is 12.9. The molecule has 32 heavy (non-hydrogen) atoms. The molecule has 0 radical (unpaired) electrons. The van der Waals surface area contributed by atoms with E-state index in [-0.39, 0.29) is 11.8 Å². The van der Waals surface area contributed by atoms with E-state index in [4.69, 9.17) is 4.42 Å². The van der Waals surface area contributed by atoms with Crippen molar-refractivity contribution >= 4 is 37.7 Å². The number of likely N-dealkylation sites (tertiary alicyclic amines) is 1. The predicted molar refractivity (Wildman–Crippen MR) is 124 cm³/mol. The number of fused-ring (bicyclic) bond motifs is 2. The van der Waals surface area contributed by atoms with Crippen molar-refractivity contribution in [1.82, 2.24) is 9.62 Å². The first-order chi connectivity index (χ1) is 15.5. The molecule has 1 saturated heterocycles. The molecule has 1 N–H and O–H groups in total. The first kappa shape index (κ1) is 20.7. The highest BCUT2D eigenvalue weighted by atomic mass is 32.2. The summed E-state index contributed by atoms with van der Waals surface area (Å²) in [7, 11) is -3.62. The van der Waals surface area contributed by atoms with Crippen LogP contribution in [-0.2, 0) is 10.0 Å². The van der Waals surface area contributed by atoms with Gasteiger partial charge in [0, 0.05) is 30.4 Å². The normalized spacial score (nSPS) is 15.4. The molecule has 0 atom stereocenters. The molecule has 0 saturated carbocycles. The smallest absolute Gasteiger partial charge is 0.289 e. The van der Waals surface area contributed by atoms with Gasteiger partial charge >= 0.3 is 0 Å². The lowest BCUT2D eigenvalue weighted by atomic mass is 9.97. The summed E-state index contributed by atoms with van der Waals surface area (Å²) in [6.07, 6.45) is 1.48. The number of rotatable bonds is 5. The molecule has 0 spiro atoms. The molecule has 164 valence electrons. The molecule has 6 nitrogen and oxygen atoms in total. The summed E-state index contributed by atoms with van der Waals surface area (Å²) in [6, 6.07) is 22.1. The molecule has 1 amide bonds. The summed E-state index contributed by atoms with van der Waals surface area (Å²) in [6.45, 7) is 1.52. The third-order valence-corrected chi connectivity index (χ3v) is 7.62. The molecule has 1 aliphatic heterocycles. The van der Waals surface area contributed by atoms with Crippen molar-refractivity contribution in [2.24, 2.45) is 5.92 Å². The molecule has 1 aliphatic rings. The number of amides is 1. The Hall–Kier alpha value is -3.16. The minimum absolute atomic E-state index is 0.115. The number of carbonyl (C=O) groups is 1. The van der Waals surface area contributed by atoms with Gasteiger partial charge in [-0.05, 0) is 42.3 Å². The minimum Gasteiger partial charge on any atom is -0.451 e. The maximum Gasteiger partial charge on any atom is 0.289 e. The van der Waals surface area contributed by atoms with Crippen molar-refractivity contribution in [2.45, 2.75) is 17.7 Å². The van der Waals surface area contributed by atoms with E-state index in [1.807, 2.05) is 54.6 Å². The molecule has 0 unspecified atom stereocenters. The van der Waals surface area contributed by atoms with Gasteiger partial charge in [-0.1, -0.05) is 54.6 Å². The van der Waals surface area contributed by atoms with Crippen LogP contribution in [-0.4, -0.2) is 38.9 Å². The van der Waals surface area contributed by atoms with Crippen molar-refractivity contribution in [1.29, 1.82) is 0 Å². The molecular weight excluding hydrogens is 424 g/mol. The zero-order valence-electron chi connectivity index (χ0n) is 17.5. The first-order valence-corrected chi connectivity index (χ1v) is 12.2. The standard InChI is InChI=1S/C25H24N2O4S/c28-25(23-16-20-7-2-4-10-22(20)31-23)27-14-12-18(13-15-27)17-26-32(29,30)24-11-5-8-19-6-1-3-9-21(19)24/h1-11,16,18,26H,12-15,17H2. The molecule has 3 aromatic carbocycles. The Kier molecular flexibility index (Phi) is 5.45. The largest absolute Gasteiger partial charge is 0.451 e. The van der Waals surface area contributed by atoms with E-state index in [2.05, 4.69) is 4.72 Å². The van der Waals surface area contributed by atoms with Crippen LogP contribution in [0, 0.1) is 5.92 Å². The molecular formula is C25H24N2O4S. The second-order valence-corrected chi connectivity index (χ2v) is 9.95. The Labute approximate surface area is 186 Å². The van der Waals surface area contributed by atoms with E-state index < -0.39 is 10.0 Å². The van der Waals surface area contributed by atoms with Crippen LogP contribution in [0.4, 0.5) is 0 Å². The number of nitrogens with one attached hydrogen (secondary N) is 1. The average molecular weight is 449 g/mol. The van der Waals surface area contributed by atoms with Crippen LogP contribution in [0.15, 0.2) is 82.1 Å². The lowest BCUT2D eigenvalue weighted by Gasteiger charge is -2.31. The number of hydrogen-bond acceptors (Lipinski definition) is 4. The van der Waals surface area contributed by atoms with E-state index in [1.54, 1.807) is 23.1 Å². The van der Waals surface area contributed by atoms with Gasteiger partial charge < -0.3 is 9.32 Å². The molecule has 7 heteroatoms. The van der Waals surface area contributed by atoms with E-state index in [1.165, 1.54) is 0 Å². The van der Waals surface area contributed by atoms with Crippen molar-refractivity contribution in [2.75, 3.05) is 19.6 Å². The van der Waals surface area contributed by atoms with Crippen molar-refractivity contribution in [3.8, 4) is 0 Å². The van der Waals surface area contributed by atoms with Crippen LogP contribution in [0.2, 0.25) is 0 Å². The summed E-state index contributed by atoms with van der Waals surface area (Å²) in [5, 5.41) is 2.52. The Morgan fingerprint density at radius 2 is 1.62 bits per heavy atom. The predicted octanol–water partition coefficient (Wildman–Crippen LogP) is 4.42. The number of piperidine rings is 1. The fourth-order valence-electron chi connectivity index (χ4n) is 4.32. The maximum absolute atomic E-state index is 12.9. The molecule has 1 fully saturated rings. The zero-order valence-corrected chi connectivity index (χ0v) is 18.3. The quantitative estimate of drug-likeness (QED) is 0.490. The SMILES string of the molecule is O=C(c1cc2ccccc2o1)N1CCC(CNS(=O)(=O)c2cccc3ccccc23)CC1. The number of carbonyl (C=O) groups excluding carboxylic acids is 1. The monoisotopic (exact) mass is 448 g/mol. The number of hydrogen-bond donors (Lipinski definition) is 1. The molecule has 0 bridgehead atoms. The van der Waals surface area contributed by atoms with Crippen LogP contribution >= 0.6 is 0 Å². The zero-order chi connectivity index (χ0) is 22.1. The second kappa shape index (κ2) is 8.41. The van der Waals surface area contributed by atoms with E-state index >= 15 is 0 Å². The fourth-order valence-corrected chi connectivity index (χ4v) is 5.66. The lowest BCUT2D eigenvalue weighted by molar-refractivity contribution is 0.0662. The summed E-state index contributed by atoms with van der Waals surface area (Å²) in [4.78, 5) is 14.9. The van der Waals surface area contributed by atoms with Crippen molar-refractivity contribution in [3.05, 3.63) is 78.6 Å². The molecule has 0 aliphatic carbocycles. The van der Waals surface area contributed by atoms with Crippen molar-refractivity contribution in [3.63, 3.8) is 0 Å². The topological polar surface area (TPSA) is 79.6 Å². The van der Waals surface area contributed by atoms with Crippen LogP contribution in [0.1, 0.15) is 23.4 Å². The summed E-state index contributed by atoms with van der Waals surface area (Å²) in [5.41, 5.74) is 0.702. The number of furan rings is 1. The average Bonchev–Trinajstić information content (AvgIpc) is 3.27. The van der Waals surface area contributed by atoms with Gasteiger partial charge in [0.1, 0.15) is 5.58 Å². The van der Waals surface area contributed by atoms with Gasteiger partial charge in [0.05, 0.1) is 4.90 Å². The van der Waals surface area contributed by atoms with E-state index in [0.29, 0.717) is 41.3 Å². The Morgan fingerprint density at radius 3 is 2.41 bits per heavy atom. The van der Waals surface area contributed by atoms with Crippen LogP contribution in [0.3, 0.4) is 0 Å². The first-order valence-electron chi connectivity index (χ1n) is 10.8. The molecule has 2 heterocycles. The third-order valence-electron chi connectivity index (χ3n) is 6.14. The molecule has 4 aromatic rings. The van der Waals surface area contributed by atoms with Gasteiger partial charge in [-0.15, -0.1) is 0 Å². The van der Waals surface area contributed by atoms with Crippen LogP contribution < -0.4 is 4.72 Å². The van der Waals surface area contributed by atoms with Crippen LogP contribution in [0.25, 0.3) is 21.7 Å². The molecule has 1 aromatic heterocycles. The molecule has 5 rings (SSSR count). The van der Waals surface area contributed by atoms with Gasteiger partial charge in [0.15, 0.2) is 5.76 Å². The van der Waals surface area contributed by atoms with Gasteiger partial charge in [-0.25, -0.2) is 13.1 Å². The highest BCUT2D eigenvalue weighted by Gasteiger charge is 2.27. The summed E-state index contributed by atoms with van der Waals surface area (Å²) < 4.78 is 34.4. The second-order valence-electron chi connectivity index (χ2n) is 8.21. The Bertz CT molecular complexity index is 1350. The lowest BCUT2D eigenvalue weighted by Crippen LogP contribution is -2.41. The Balaban J connectivity index is 1.21. The van der Waals surface area contributed by atoms with Gasteiger partial charge in [-0.3, -0.25) is 4.79 Å². The van der Waals surface area contributed by atoms with Crippen molar-refractivity contribution < 1.29 is 17.6 Å². The van der Waals surface area contributed by atoms with E-state index in [9.17, 15) is 13.2 Å². The number of para-hydroxylation sites is 1. The minimum atomic E-state index is -3.62. The van der Waals surface area contributed by atoms with Gasteiger partial charge in [0.25, 0.3) is 5.91 Å². The highest BCUT2D eigenvalue weighted by molar-refractivity contribution is 7.89. The van der Waals surface area contributed by atoms with Gasteiger partial charge in [-0.2, -0.15) is 0 Å². The summed E-state index contributed by atoms with van der Waals surface area (Å²) >= 11 is 0.